The van der Waals surface area contributed by atoms with Crippen LogP contribution in [0.2, 0.25) is 0 Å². The summed E-state index contributed by atoms with van der Waals surface area (Å²) >= 11 is 0. The van der Waals surface area contributed by atoms with Crippen LogP contribution in [0, 0.1) is 0 Å². The van der Waals surface area contributed by atoms with Gasteiger partial charge in [0, 0.05) is 68.6 Å². The zero-order chi connectivity index (χ0) is 23.7. The Bertz CT molecular complexity index is 1270. The third kappa shape index (κ3) is 4.73. The summed E-state index contributed by atoms with van der Waals surface area (Å²) in [5.74, 6) is 1.66. The first-order chi connectivity index (χ1) is 16.4. The lowest BCUT2D eigenvalue weighted by atomic mass is 10.1. The van der Waals surface area contributed by atoms with E-state index in [0.717, 1.165) is 79.5 Å². The Hall–Kier alpha value is -3.13. The molecule has 2 aliphatic rings. The van der Waals surface area contributed by atoms with Gasteiger partial charge in [-0.3, -0.25) is 0 Å². The van der Waals surface area contributed by atoms with E-state index in [4.69, 9.17) is 4.74 Å². The van der Waals surface area contributed by atoms with Crippen molar-refractivity contribution >= 4 is 27.2 Å². The van der Waals surface area contributed by atoms with Crippen LogP contribution < -0.4 is 14.5 Å². The summed E-state index contributed by atoms with van der Waals surface area (Å²) in [7, 11) is -3.20. The van der Waals surface area contributed by atoms with Gasteiger partial charge >= 0.3 is 0 Å². The van der Waals surface area contributed by atoms with Gasteiger partial charge in [0.2, 0.25) is 5.95 Å². The zero-order valence-corrected chi connectivity index (χ0v) is 20.5. The molecule has 0 saturated carbocycles. The topological polar surface area (TPSA) is 75.6 Å². The summed E-state index contributed by atoms with van der Waals surface area (Å²) in [5.41, 5.74) is 4.34. The van der Waals surface area contributed by atoms with Crippen LogP contribution in [-0.4, -0.2) is 50.4 Å². The Labute approximate surface area is 201 Å². The quantitative estimate of drug-likeness (QED) is 0.526. The minimum absolute atomic E-state index is 0.157. The van der Waals surface area contributed by atoms with Crippen molar-refractivity contribution in [3.63, 3.8) is 0 Å². The lowest BCUT2D eigenvalue weighted by Gasteiger charge is -2.32. The maximum absolute atomic E-state index is 11.9. The largest absolute Gasteiger partial charge is 0.490 e. The highest BCUT2D eigenvalue weighted by molar-refractivity contribution is 7.90. The molecule has 0 unspecified atom stereocenters. The second-order valence-electron chi connectivity index (χ2n) is 9.01. The summed E-state index contributed by atoms with van der Waals surface area (Å²) in [6.07, 6.45) is 8.84. The number of anilines is 3. The number of piperidine rings is 1. The third-order valence-corrected chi connectivity index (χ3v) is 7.74. The van der Waals surface area contributed by atoms with Crippen LogP contribution in [0.5, 0.6) is 5.75 Å². The highest BCUT2D eigenvalue weighted by atomic mass is 32.2. The van der Waals surface area contributed by atoms with Gasteiger partial charge in [0.1, 0.15) is 11.9 Å². The van der Waals surface area contributed by atoms with Crippen LogP contribution >= 0.6 is 0 Å². The lowest BCUT2D eigenvalue weighted by molar-refractivity contribution is 0.170. The van der Waals surface area contributed by atoms with Crippen LogP contribution in [0.4, 0.5) is 17.3 Å². The Kier molecular flexibility index (Phi) is 6.16. The summed E-state index contributed by atoms with van der Waals surface area (Å²) in [6, 6.07) is 13.6. The maximum Gasteiger partial charge on any atom is 0.225 e. The SMILES string of the molecule is CCc1cnc(N2CCC(Oc3cccc(N4CCc5cc(S(C)(=O)=O)ccc54)c3)CC2)nc1. The predicted octanol–water partition coefficient (Wildman–Crippen LogP) is 4.18. The summed E-state index contributed by atoms with van der Waals surface area (Å²) < 4.78 is 30.2. The first kappa shape index (κ1) is 22.7. The van der Waals surface area contributed by atoms with Gasteiger partial charge < -0.3 is 14.5 Å². The molecule has 0 N–H and O–H groups in total. The number of sulfone groups is 1. The normalized spacial score (nSPS) is 16.5. The van der Waals surface area contributed by atoms with Crippen LogP contribution in [0.1, 0.15) is 30.9 Å². The Balaban J connectivity index is 1.24. The van der Waals surface area contributed by atoms with Gasteiger partial charge in [0.25, 0.3) is 0 Å². The van der Waals surface area contributed by atoms with Gasteiger partial charge in [0.15, 0.2) is 9.84 Å². The van der Waals surface area contributed by atoms with E-state index in [1.54, 1.807) is 12.1 Å². The molecule has 3 heterocycles. The Morgan fingerprint density at radius 2 is 1.79 bits per heavy atom. The van der Waals surface area contributed by atoms with Gasteiger partial charge in [-0.15, -0.1) is 0 Å². The smallest absolute Gasteiger partial charge is 0.225 e. The van der Waals surface area contributed by atoms with Crippen molar-refractivity contribution < 1.29 is 13.2 Å². The van der Waals surface area contributed by atoms with Crippen LogP contribution in [0.3, 0.4) is 0 Å². The highest BCUT2D eigenvalue weighted by Gasteiger charge is 2.24. The van der Waals surface area contributed by atoms with Crippen LogP contribution in [0.25, 0.3) is 0 Å². The van der Waals surface area contributed by atoms with Crippen molar-refractivity contribution in [2.24, 2.45) is 0 Å². The molecule has 3 aromatic rings. The van der Waals surface area contributed by atoms with Gasteiger partial charge in [-0.05, 0) is 54.3 Å². The molecule has 2 aromatic carbocycles. The molecule has 5 rings (SSSR count). The van der Waals surface area contributed by atoms with E-state index in [0.29, 0.717) is 4.90 Å². The van der Waals surface area contributed by atoms with E-state index in [1.165, 1.54) is 6.26 Å². The molecule has 2 aliphatic heterocycles. The van der Waals surface area contributed by atoms with E-state index in [-0.39, 0.29) is 6.10 Å². The number of ether oxygens (including phenoxy) is 1. The van der Waals surface area contributed by atoms with E-state index >= 15 is 0 Å². The molecule has 34 heavy (non-hydrogen) atoms. The molecule has 0 atom stereocenters. The maximum atomic E-state index is 11.9. The van der Waals surface area contributed by atoms with Crippen molar-refractivity contribution in [2.75, 3.05) is 35.7 Å². The fourth-order valence-corrected chi connectivity index (χ4v) is 5.33. The number of nitrogens with zero attached hydrogens (tertiary/aromatic N) is 4. The van der Waals surface area contributed by atoms with Crippen LogP contribution in [-0.2, 0) is 22.7 Å². The summed E-state index contributed by atoms with van der Waals surface area (Å²) in [5, 5.41) is 0. The third-order valence-electron chi connectivity index (χ3n) is 6.63. The fraction of sp³-hybridized carbons (Fsp3) is 0.385. The Morgan fingerprint density at radius 1 is 1.03 bits per heavy atom. The first-order valence-electron chi connectivity index (χ1n) is 11.8. The molecule has 1 aromatic heterocycles. The Morgan fingerprint density at radius 3 is 2.50 bits per heavy atom. The van der Waals surface area contributed by atoms with Crippen LogP contribution in [0.15, 0.2) is 59.8 Å². The van der Waals surface area contributed by atoms with E-state index in [2.05, 4.69) is 38.8 Å². The molecular formula is C26H30N4O3S. The average Bonchev–Trinajstić information content (AvgIpc) is 3.28. The van der Waals surface area contributed by atoms with Crippen molar-refractivity contribution in [3.05, 3.63) is 66.0 Å². The molecule has 0 aliphatic carbocycles. The van der Waals surface area contributed by atoms with E-state index < -0.39 is 9.84 Å². The van der Waals surface area contributed by atoms with Crippen molar-refractivity contribution in [1.82, 2.24) is 9.97 Å². The molecule has 1 saturated heterocycles. The molecule has 1 fully saturated rings. The highest BCUT2D eigenvalue weighted by Crippen LogP contribution is 2.37. The number of benzene rings is 2. The second kappa shape index (κ2) is 9.25. The first-order valence-corrected chi connectivity index (χ1v) is 13.7. The van der Waals surface area contributed by atoms with Crippen molar-refractivity contribution in [1.29, 1.82) is 0 Å². The minimum atomic E-state index is -3.20. The number of fused-ring (bicyclic) bond motifs is 1. The molecule has 178 valence electrons. The van der Waals surface area contributed by atoms with E-state index in [9.17, 15) is 8.42 Å². The monoisotopic (exact) mass is 478 g/mol. The average molecular weight is 479 g/mol. The van der Waals surface area contributed by atoms with Crippen molar-refractivity contribution in [2.45, 2.75) is 43.6 Å². The van der Waals surface area contributed by atoms with Gasteiger partial charge in [-0.1, -0.05) is 13.0 Å². The second-order valence-corrected chi connectivity index (χ2v) is 11.0. The lowest BCUT2D eigenvalue weighted by Crippen LogP contribution is -2.39. The number of aryl methyl sites for hydroxylation is 1. The van der Waals surface area contributed by atoms with Crippen molar-refractivity contribution in [3.8, 4) is 5.75 Å². The molecule has 0 radical (unpaired) electrons. The molecule has 8 heteroatoms. The standard InChI is InChI=1S/C26H30N4O3S/c1-3-19-17-27-26(28-18-19)29-12-10-22(11-13-29)33-23-6-4-5-21(16-23)30-14-9-20-15-24(34(2,31)32)7-8-25(20)30/h4-8,15-18,22H,3,9-14H2,1-2H3. The number of hydrogen-bond acceptors (Lipinski definition) is 7. The predicted molar refractivity (Wildman–Crippen MR) is 134 cm³/mol. The number of hydrogen-bond donors (Lipinski definition) is 0. The molecule has 0 bridgehead atoms. The molecular weight excluding hydrogens is 448 g/mol. The number of aromatic nitrogens is 2. The molecule has 0 spiro atoms. The fourth-order valence-electron chi connectivity index (χ4n) is 4.66. The van der Waals surface area contributed by atoms with Gasteiger partial charge in [-0.25, -0.2) is 18.4 Å². The minimum Gasteiger partial charge on any atom is -0.490 e. The summed E-state index contributed by atoms with van der Waals surface area (Å²) in [4.78, 5) is 13.9. The van der Waals surface area contributed by atoms with Gasteiger partial charge in [-0.2, -0.15) is 0 Å². The molecule has 0 amide bonds. The van der Waals surface area contributed by atoms with Gasteiger partial charge in [0.05, 0.1) is 4.90 Å². The van der Waals surface area contributed by atoms with E-state index in [1.807, 2.05) is 30.6 Å². The zero-order valence-electron chi connectivity index (χ0n) is 19.6. The number of rotatable bonds is 6. The summed E-state index contributed by atoms with van der Waals surface area (Å²) in [6.45, 7) is 4.67. The molecule has 7 nitrogen and oxygen atoms in total.